The third-order valence-electron chi connectivity index (χ3n) is 8.20. The van der Waals surface area contributed by atoms with Gasteiger partial charge < -0.3 is 28.6 Å². The monoisotopic (exact) mass is 601 g/mol. The number of aryl methyl sites for hydroxylation is 1. The number of aromatic carboxylic acids is 1. The Balaban J connectivity index is 1.13. The highest BCUT2D eigenvalue weighted by Crippen LogP contribution is 2.46. The Morgan fingerprint density at radius 3 is 2.58 bits per heavy atom. The van der Waals surface area contributed by atoms with Crippen LogP contribution in [0.2, 0.25) is 0 Å². The number of hydrogen-bond donors (Lipinski definition) is 1. The number of rotatable bonds is 10. The molecule has 2 fully saturated rings. The molecule has 1 aliphatic heterocycles. The van der Waals surface area contributed by atoms with E-state index in [1.165, 1.54) is 18.2 Å². The molecule has 12 heteroatoms. The van der Waals surface area contributed by atoms with Gasteiger partial charge in [-0.05, 0) is 50.1 Å². The number of ether oxygens (including phenoxy) is 2. The van der Waals surface area contributed by atoms with Crippen LogP contribution in [-0.2, 0) is 17.9 Å². The van der Waals surface area contributed by atoms with E-state index in [9.17, 15) is 23.1 Å². The topological polar surface area (TPSA) is 90.0 Å². The molecule has 0 radical (unpaired) electrons. The molecular formula is C31H31F4N3O5. The van der Waals surface area contributed by atoms with Crippen LogP contribution in [0.15, 0.2) is 53.2 Å². The normalized spacial score (nSPS) is 17.0. The molecule has 1 aliphatic carbocycles. The standard InChI is InChI=1S/C31H31F4N3O5/c1-2-37-16-23(29(39)40)21-10-9-20(15-25(21)37)38-13-11-30(32,12-14-38)18-41-17-24-27(36-43-28(24)19-7-8-19)22-5-3-4-6-26(22)42-31(33,34)35/h3-6,9-10,15-16,19H,2,7-8,11-14,17-18H2,1H3,(H,39,40). The molecule has 228 valence electrons. The Bertz CT molecular complexity index is 1630. The van der Waals surface area contributed by atoms with E-state index in [4.69, 9.17) is 9.26 Å². The number of halogens is 4. The van der Waals surface area contributed by atoms with Crippen molar-refractivity contribution < 1.29 is 41.5 Å². The number of carbonyl (C=O) groups is 1. The van der Waals surface area contributed by atoms with Crippen LogP contribution in [-0.4, -0.2) is 52.5 Å². The van der Waals surface area contributed by atoms with Gasteiger partial charge in [-0.2, -0.15) is 0 Å². The summed E-state index contributed by atoms with van der Waals surface area (Å²) >= 11 is 0. The van der Waals surface area contributed by atoms with Crippen molar-refractivity contribution in [2.45, 2.75) is 63.7 Å². The Morgan fingerprint density at radius 2 is 1.91 bits per heavy atom. The van der Waals surface area contributed by atoms with E-state index in [0.717, 1.165) is 24.0 Å². The van der Waals surface area contributed by atoms with Crippen LogP contribution in [0, 0.1) is 0 Å². The third-order valence-corrected chi connectivity index (χ3v) is 8.20. The van der Waals surface area contributed by atoms with Gasteiger partial charge in [-0.15, -0.1) is 13.2 Å². The lowest BCUT2D eigenvalue weighted by Gasteiger charge is -2.37. The van der Waals surface area contributed by atoms with Gasteiger partial charge in [0.1, 0.15) is 22.9 Å². The van der Waals surface area contributed by atoms with E-state index < -0.39 is 23.7 Å². The first-order chi connectivity index (χ1) is 20.5. The predicted octanol–water partition coefficient (Wildman–Crippen LogP) is 7.32. The number of hydrogen-bond acceptors (Lipinski definition) is 6. The molecule has 0 atom stereocenters. The summed E-state index contributed by atoms with van der Waals surface area (Å²) < 4.78 is 72.6. The molecule has 1 N–H and O–H groups in total. The summed E-state index contributed by atoms with van der Waals surface area (Å²) in [5.74, 6) is -0.718. The van der Waals surface area contributed by atoms with Crippen LogP contribution < -0.4 is 9.64 Å². The molecule has 0 spiro atoms. The molecule has 43 heavy (non-hydrogen) atoms. The van der Waals surface area contributed by atoms with Crippen LogP contribution in [0.5, 0.6) is 5.75 Å². The smallest absolute Gasteiger partial charge is 0.478 e. The van der Waals surface area contributed by atoms with Gasteiger partial charge in [0.2, 0.25) is 0 Å². The maximum Gasteiger partial charge on any atom is 0.573 e. The molecule has 1 saturated heterocycles. The van der Waals surface area contributed by atoms with Crippen molar-refractivity contribution in [3.05, 3.63) is 65.5 Å². The summed E-state index contributed by atoms with van der Waals surface area (Å²) in [4.78, 5) is 13.7. The van der Waals surface area contributed by atoms with Gasteiger partial charge in [0, 0.05) is 66.8 Å². The molecular weight excluding hydrogens is 570 g/mol. The second-order valence-corrected chi connectivity index (χ2v) is 11.2. The number of aromatic nitrogens is 2. The van der Waals surface area contributed by atoms with Gasteiger partial charge in [0.15, 0.2) is 0 Å². The maximum atomic E-state index is 15.9. The average Bonchev–Trinajstić information content (AvgIpc) is 3.62. The van der Waals surface area contributed by atoms with E-state index in [1.54, 1.807) is 18.3 Å². The Hall–Kier alpha value is -4.06. The number of alkyl halides is 4. The summed E-state index contributed by atoms with van der Waals surface area (Å²) in [5, 5.41) is 14.3. The highest BCUT2D eigenvalue weighted by atomic mass is 19.4. The lowest BCUT2D eigenvalue weighted by molar-refractivity contribution is -0.274. The minimum absolute atomic E-state index is 0.0585. The summed E-state index contributed by atoms with van der Waals surface area (Å²) in [6.45, 7) is 3.21. The molecule has 8 nitrogen and oxygen atoms in total. The molecule has 1 saturated carbocycles. The van der Waals surface area contributed by atoms with Crippen molar-refractivity contribution in [3.8, 4) is 17.0 Å². The molecule has 2 aromatic carbocycles. The highest BCUT2D eigenvalue weighted by Gasteiger charge is 2.38. The van der Waals surface area contributed by atoms with Gasteiger partial charge in [-0.1, -0.05) is 17.3 Å². The van der Waals surface area contributed by atoms with Gasteiger partial charge in [-0.3, -0.25) is 0 Å². The van der Waals surface area contributed by atoms with Crippen molar-refractivity contribution in [3.63, 3.8) is 0 Å². The van der Waals surface area contributed by atoms with E-state index in [1.807, 2.05) is 23.6 Å². The lowest BCUT2D eigenvalue weighted by atomic mass is 9.93. The van der Waals surface area contributed by atoms with Crippen LogP contribution in [0.25, 0.3) is 22.2 Å². The first-order valence-corrected chi connectivity index (χ1v) is 14.3. The number of nitrogens with zero attached hydrogens (tertiary/aromatic N) is 3. The maximum absolute atomic E-state index is 15.9. The Kier molecular flexibility index (Phi) is 7.57. The average molecular weight is 602 g/mol. The lowest BCUT2D eigenvalue weighted by Crippen LogP contribution is -2.44. The zero-order valence-electron chi connectivity index (χ0n) is 23.5. The van der Waals surface area contributed by atoms with Crippen molar-refractivity contribution >= 4 is 22.6 Å². The van der Waals surface area contributed by atoms with E-state index in [0.29, 0.717) is 36.3 Å². The minimum atomic E-state index is -4.88. The zero-order valence-corrected chi connectivity index (χ0v) is 23.5. The molecule has 3 heterocycles. The molecule has 6 rings (SSSR count). The molecule has 4 aromatic rings. The predicted molar refractivity (Wildman–Crippen MR) is 150 cm³/mol. The van der Waals surface area contributed by atoms with Gasteiger partial charge in [0.25, 0.3) is 0 Å². The highest BCUT2D eigenvalue weighted by molar-refractivity contribution is 6.04. The number of benzene rings is 2. The second kappa shape index (κ2) is 11.2. The summed E-state index contributed by atoms with van der Waals surface area (Å²) in [7, 11) is 0. The van der Waals surface area contributed by atoms with Crippen LogP contribution in [0.1, 0.15) is 60.2 Å². The van der Waals surface area contributed by atoms with Gasteiger partial charge in [-0.25, -0.2) is 9.18 Å². The quantitative estimate of drug-likeness (QED) is 0.191. The Morgan fingerprint density at radius 1 is 1.16 bits per heavy atom. The third kappa shape index (κ3) is 6.06. The molecule has 2 aliphatic rings. The zero-order chi connectivity index (χ0) is 30.4. The van der Waals surface area contributed by atoms with Crippen LogP contribution in [0.4, 0.5) is 23.2 Å². The number of carboxylic acids is 1. The van der Waals surface area contributed by atoms with Gasteiger partial charge in [0.05, 0.1) is 24.3 Å². The largest absolute Gasteiger partial charge is 0.573 e. The number of fused-ring (bicyclic) bond motifs is 1. The summed E-state index contributed by atoms with van der Waals surface area (Å²) in [6, 6.07) is 11.3. The van der Waals surface area contributed by atoms with Crippen LogP contribution >= 0.6 is 0 Å². The van der Waals surface area contributed by atoms with E-state index in [-0.39, 0.29) is 48.8 Å². The first kappa shape index (κ1) is 29.0. The SMILES string of the molecule is CCn1cc(C(=O)O)c2ccc(N3CCC(F)(COCc4c(-c5ccccc5OC(F)(F)F)noc4C4CC4)CC3)cc21. The fourth-order valence-electron chi connectivity index (χ4n) is 5.77. The number of anilines is 1. The number of carboxylic acid groups (broad SMARTS) is 1. The summed E-state index contributed by atoms with van der Waals surface area (Å²) in [5.41, 5.74) is 1.20. The Labute approximate surface area is 244 Å². The van der Waals surface area contributed by atoms with Crippen LogP contribution in [0.3, 0.4) is 0 Å². The second-order valence-electron chi connectivity index (χ2n) is 11.2. The first-order valence-electron chi connectivity index (χ1n) is 14.3. The van der Waals surface area contributed by atoms with E-state index >= 15 is 4.39 Å². The number of piperidine rings is 1. The molecule has 0 unspecified atom stereocenters. The van der Waals surface area contributed by atoms with Crippen molar-refractivity contribution in [2.24, 2.45) is 0 Å². The van der Waals surface area contributed by atoms with E-state index in [2.05, 4.69) is 14.8 Å². The van der Waals surface area contributed by atoms with Crippen molar-refractivity contribution in [1.82, 2.24) is 9.72 Å². The fraction of sp³-hybridized carbons (Fsp3) is 0.419. The molecule has 0 amide bonds. The van der Waals surface area contributed by atoms with Crippen molar-refractivity contribution in [1.29, 1.82) is 0 Å². The number of para-hydroxylation sites is 1. The fourth-order valence-corrected chi connectivity index (χ4v) is 5.77. The molecule has 0 bridgehead atoms. The summed E-state index contributed by atoms with van der Waals surface area (Å²) in [6.07, 6.45) is -1.06. The molecule has 2 aromatic heterocycles. The van der Waals surface area contributed by atoms with Gasteiger partial charge >= 0.3 is 12.3 Å². The minimum Gasteiger partial charge on any atom is -0.478 e. The van der Waals surface area contributed by atoms with Crippen molar-refractivity contribution in [2.75, 3.05) is 24.6 Å².